The maximum Gasteiger partial charge on any atom is 0.0628 e. The van der Waals surface area contributed by atoms with Gasteiger partial charge in [-0.2, -0.15) is 0 Å². The van der Waals surface area contributed by atoms with Crippen LogP contribution >= 0.6 is 0 Å². The lowest BCUT2D eigenvalue weighted by atomic mass is 9.92. The minimum absolute atomic E-state index is 0.0565. The SMILES string of the molecule is CCN(CC1CC1)CC(CO)(NC(C)C)C1CC1. The summed E-state index contributed by atoms with van der Waals surface area (Å²) in [6, 6.07) is 0.442. The minimum atomic E-state index is -0.0565. The number of hydrogen-bond acceptors (Lipinski definition) is 3. The summed E-state index contributed by atoms with van der Waals surface area (Å²) in [6.45, 7) is 10.2. The smallest absolute Gasteiger partial charge is 0.0628 e. The quantitative estimate of drug-likeness (QED) is 0.659. The van der Waals surface area contributed by atoms with E-state index in [0.29, 0.717) is 12.0 Å². The van der Waals surface area contributed by atoms with Crippen molar-refractivity contribution in [1.82, 2.24) is 10.2 Å². The Bertz CT molecular complexity index is 261. The number of hydrogen-bond donors (Lipinski definition) is 2. The Morgan fingerprint density at radius 1 is 1.28 bits per heavy atom. The van der Waals surface area contributed by atoms with Crippen LogP contribution in [0.4, 0.5) is 0 Å². The second-order valence-corrected chi connectivity index (χ2v) is 6.66. The zero-order chi connectivity index (χ0) is 13.2. The van der Waals surface area contributed by atoms with Crippen LogP contribution in [0.3, 0.4) is 0 Å². The van der Waals surface area contributed by atoms with Crippen LogP contribution in [0.25, 0.3) is 0 Å². The number of aliphatic hydroxyl groups excluding tert-OH is 1. The second-order valence-electron chi connectivity index (χ2n) is 6.66. The van der Waals surface area contributed by atoms with Crippen LogP contribution in [-0.2, 0) is 0 Å². The molecule has 2 aliphatic carbocycles. The van der Waals surface area contributed by atoms with E-state index in [2.05, 4.69) is 31.0 Å². The Kier molecular flexibility index (Phi) is 4.68. The molecule has 3 nitrogen and oxygen atoms in total. The van der Waals surface area contributed by atoms with Crippen molar-refractivity contribution in [1.29, 1.82) is 0 Å². The number of rotatable bonds is 9. The molecule has 106 valence electrons. The predicted molar refractivity (Wildman–Crippen MR) is 75.7 cm³/mol. The first-order valence-electron chi connectivity index (χ1n) is 7.70. The standard InChI is InChI=1S/C15H30N2O/c1-4-17(9-13-5-6-13)10-15(11-18,14-7-8-14)16-12(2)3/h12-14,16,18H,4-11H2,1-3H3. The zero-order valence-corrected chi connectivity index (χ0v) is 12.3. The van der Waals surface area contributed by atoms with Crippen LogP contribution in [0.5, 0.6) is 0 Å². The zero-order valence-electron chi connectivity index (χ0n) is 12.3. The van der Waals surface area contributed by atoms with Crippen LogP contribution in [0, 0.1) is 11.8 Å². The van der Waals surface area contributed by atoms with Gasteiger partial charge in [0.2, 0.25) is 0 Å². The molecule has 0 aromatic heterocycles. The van der Waals surface area contributed by atoms with E-state index in [4.69, 9.17) is 0 Å². The fourth-order valence-electron chi connectivity index (χ4n) is 3.10. The lowest BCUT2D eigenvalue weighted by Gasteiger charge is -2.39. The van der Waals surface area contributed by atoms with Gasteiger partial charge in [0.25, 0.3) is 0 Å². The van der Waals surface area contributed by atoms with Gasteiger partial charge in [-0.25, -0.2) is 0 Å². The van der Waals surface area contributed by atoms with Gasteiger partial charge in [0, 0.05) is 19.1 Å². The molecule has 2 aliphatic rings. The van der Waals surface area contributed by atoms with Crippen LogP contribution in [0.15, 0.2) is 0 Å². The Labute approximate surface area is 112 Å². The van der Waals surface area contributed by atoms with Crippen molar-refractivity contribution in [2.75, 3.05) is 26.2 Å². The Morgan fingerprint density at radius 3 is 2.33 bits per heavy atom. The number of nitrogens with one attached hydrogen (secondary N) is 1. The van der Waals surface area contributed by atoms with Crippen molar-refractivity contribution < 1.29 is 5.11 Å². The highest BCUT2D eigenvalue weighted by Crippen LogP contribution is 2.41. The fraction of sp³-hybridized carbons (Fsp3) is 1.00. The van der Waals surface area contributed by atoms with Crippen molar-refractivity contribution >= 4 is 0 Å². The molecule has 0 aromatic carbocycles. The van der Waals surface area contributed by atoms with Gasteiger partial charge in [0.05, 0.1) is 12.1 Å². The van der Waals surface area contributed by atoms with Crippen LogP contribution in [0.1, 0.15) is 46.5 Å². The molecule has 0 aromatic rings. The molecule has 0 bridgehead atoms. The third-order valence-corrected chi connectivity index (χ3v) is 4.38. The fourth-order valence-corrected chi connectivity index (χ4v) is 3.10. The van der Waals surface area contributed by atoms with Crippen molar-refractivity contribution in [3.8, 4) is 0 Å². The van der Waals surface area contributed by atoms with E-state index in [-0.39, 0.29) is 12.1 Å². The lowest BCUT2D eigenvalue weighted by Crippen LogP contribution is -2.60. The molecule has 1 atom stereocenters. The highest BCUT2D eigenvalue weighted by molar-refractivity contribution is 5.03. The number of likely N-dealkylation sites (N-methyl/N-ethyl adjacent to an activating group) is 1. The average molecular weight is 254 g/mol. The molecule has 0 aliphatic heterocycles. The molecule has 2 rings (SSSR count). The Balaban J connectivity index is 1.97. The normalized spacial score (nSPS) is 23.7. The first-order chi connectivity index (χ1) is 8.59. The molecule has 0 heterocycles. The van der Waals surface area contributed by atoms with E-state index in [9.17, 15) is 5.11 Å². The van der Waals surface area contributed by atoms with Crippen LogP contribution in [0.2, 0.25) is 0 Å². The topological polar surface area (TPSA) is 35.5 Å². The van der Waals surface area contributed by atoms with E-state index in [1.54, 1.807) is 0 Å². The van der Waals surface area contributed by atoms with Gasteiger partial charge in [-0.15, -0.1) is 0 Å². The van der Waals surface area contributed by atoms with Crippen molar-refractivity contribution in [2.45, 2.75) is 58.0 Å². The molecule has 2 fully saturated rings. The largest absolute Gasteiger partial charge is 0.394 e. The summed E-state index contributed by atoms with van der Waals surface area (Å²) < 4.78 is 0. The molecular formula is C15H30N2O. The van der Waals surface area contributed by atoms with E-state index < -0.39 is 0 Å². The van der Waals surface area contributed by atoms with E-state index in [1.807, 2.05) is 0 Å². The molecule has 0 saturated heterocycles. The maximum absolute atomic E-state index is 9.94. The lowest BCUT2D eigenvalue weighted by molar-refractivity contribution is 0.0836. The first-order valence-corrected chi connectivity index (χ1v) is 7.70. The summed E-state index contributed by atoms with van der Waals surface area (Å²) >= 11 is 0. The minimum Gasteiger partial charge on any atom is -0.394 e. The van der Waals surface area contributed by atoms with Gasteiger partial charge >= 0.3 is 0 Å². The highest BCUT2D eigenvalue weighted by atomic mass is 16.3. The molecule has 0 amide bonds. The Hall–Kier alpha value is -0.120. The summed E-state index contributed by atoms with van der Waals surface area (Å²) in [5.41, 5.74) is -0.0565. The van der Waals surface area contributed by atoms with Gasteiger partial charge in [-0.1, -0.05) is 20.8 Å². The van der Waals surface area contributed by atoms with E-state index in [0.717, 1.165) is 19.0 Å². The van der Waals surface area contributed by atoms with Crippen molar-refractivity contribution in [3.05, 3.63) is 0 Å². The monoisotopic (exact) mass is 254 g/mol. The van der Waals surface area contributed by atoms with Crippen LogP contribution in [-0.4, -0.2) is 47.8 Å². The summed E-state index contributed by atoms with van der Waals surface area (Å²) in [5, 5.41) is 13.6. The van der Waals surface area contributed by atoms with E-state index in [1.165, 1.54) is 32.2 Å². The maximum atomic E-state index is 9.94. The van der Waals surface area contributed by atoms with Crippen molar-refractivity contribution in [2.24, 2.45) is 11.8 Å². The third-order valence-electron chi connectivity index (χ3n) is 4.38. The van der Waals surface area contributed by atoms with E-state index >= 15 is 0 Å². The van der Waals surface area contributed by atoms with Gasteiger partial charge in [-0.3, -0.25) is 0 Å². The van der Waals surface area contributed by atoms with Gasteiger partial charge in [0.15, 0.2) is 0 Å². The second kappa shape index (κ2) is 5.89. The summed E-state index contributed by atoms with van der Waals surface area (Å²) in [5.74, 6) is 1.61. The molecule has 1 unspecified atom stereocenters. The highest BCUT2D eigenvalue weighted by Gasteiger charge is 2.46. The summed E-state index contributed by atoms with van der Waals surface area (Å²) in [7, 11) is 0. The number of nitrogens with zero attached hydrogens (tertiary/aromatic N) is 1. The van der Waals surface area contributed by atoms with Crippen molar-refractivity contribution in [3.63, 3.8) is 0 Å². The predicted octanol–water partition coefficient (Wildman–Crippen LogP) is 1.86. The molecule has 3 heteroatoms. The van der Waals surface area contributed by atoms with Crippen LogP contribution < -0.4 is 5.32 Å². The third kappa shape index (κ3) is 3.69. The van der Waals surface area contributed by atoms with Gasteiger partial charge < -0.3 is 15.3 Å². The Morgan fingerprint density at radius 2 is 1.94 bits per heavy atom. The molecular weight excluding hydrogens is 224 g/mol. The molecule has 0 radical (unpaired) electrons. The summed E-state index contributed by atoms with van der Waals surface area (Å²) in [6.07, 6.45) is 5.37. The number of aliphatic hydroxyl groups is 1. The first kappa shape index (κ1) is 14.3. The molecule has 2 saturated carbocycles. The molecule has 18 heavy (non-hydrogen) atoms. The molecule has 0 spiro atoms. The summed E-state index contributed by atoms with van der Waals surface area (Å²) in [4.78, 5) is 2.54. The average Bonchev–Trinajstić information content (AvgIpc) is 3.17. The van der Waals surface area contributed by atoms with Gasteiger partial charge in [-0.05, 0) is 44.1 Å². The van der Waals surface area contributed by atoms with Gasteiger partial charge in [0.1, 0.15) is 0 Å². The molecule has 2 N–H and O–H groups in total.